The molecule has 0 aliphatic carbocycles. The topological polar surface area (TPSA) is 108 Å². The van der Waals surface area contributed by atoms with Gasteiger partial charge in [0.1, 0.15) is 12.1 Å². The Morgan fingerprint density at radius 3 is 2.80 bits per heavy atom. The fourth-order valence-electron chi connectivity index (χ4n) is 2.22. The Balaban J connectivity index is 1.70. The van der Waals surface area contributed by atoms with Gasteiger partial charge >= 0.3 is 11.6 Å². The Kier molecular flexibility index (Phi) is 5.15. The van der Waals surface area contributed by atoms with E-state index in [2.05, 4.69) is 20.3 Å². The number of hydrogen-bond donors (Lipinski definition) is 1. The summed E-state index contributed by atoms with van der Waals surface area (Å²) >= 11 is 0. The molecule has 9 heteroatoms. The molecule has 0 aliphatic heterocycles. The first-order chi connectivity index (χ1) is 12.2. The van der Waals surface area contributed by atoms with Crippen LogP contribution in [0.5, 0.6) is 11.6 Å². The van der Waals surface area contributed by atoms with Crippen LogP contribution in [0, 0.1) is 10.1 Å². The minimum Gasteiger partial charge on any atom is -0.434 e. The predicted octanol–water partition coefficient (Wildman–Crippen LogP) is 2.88. The van der Waals surface area contributed by atoms with Crippen molar-refractivity contribution in [2.24, 2.45) is 0 Å². The van der Waals surface area contributed by atoms with Crippen molar-refractivity contribution in [3.8, 4) is 11.6 Å². The molecular formula is C16H16N6O3. The van der Waals surface area contributed by atoms with E-state index in [1.165, 1.54) is 6.33 Å². The van der Waals surface area contributed by atoms with Gasteiger partial charge in [0.05, 0.1) is 11.3 Å². The number of hydrogen-bond acceptors (Lipinski definition) is 7. The normalized spacial score (nSPS) is 10.4. The van der Waals surface area contributed by atoms with Crippen molar-refractivity contribution in [3.63, 3.8) is 0 Å². The molecule has 0 bridgehead atoms. The molecule has 0 fully saturated rings. The van der Waals surface area contributed by atoms with Crippen LogP contribution in [-0.2, 0) is 6.54 Å². The van der Waals surface area contributed by atoms with Crippen molar-refractivity contribution in [3.05, 3.63) is 65.5 Å². The fraction of sp³-hybridized carbons (Fsp3) is 0.188. The third-order valence-electron chi connectivity index (χ3n) is 3.37. The van der Waals surface area contributed by atoms with Crippen LogP contribution >= 0.6 is 0 Å². The zero-order chi connectivity index (χ0) is 17.5. The summed E-state index contributed by atoms with van der Waals surface area (Å²) in [4.78, 5) is 22.7. The first-order valence-corrected chi connectivity index (χ1v) is 7.66. The highest BCUT2D eigenvalue weighted by Gasteiger charge is 2.24. The minimum absolute atomic E-state index is 0.0942. The number of benzene rings is 1. The molecule has 0 amide bonds. The van der Waals surface area contributed by atoms with Crippen LogP contribution in [0.3, 0.4) is 0 Å². The van der Waals surface area contributed by atoms with E-state index in [1.807, 2.05) is 16.8 Å². The molecule has 0 aliphatic rings. The van der Waals surface area contributed by atoms with E-state index < -0.39 is 4.92 Å². The zero-order valence-electron chi connectivity index (χ0n) is 13.3. The average Bonchev–Trinajstić information content (AvgIpc) is 3.13. The van der Waals surface area contributed by atoms with E-state index in [0.717, 1.165) is 13.0 Å². The van der Waals surface area contributed by atoms with E-state index >= 15 is 0 Å². The van der Waals surface area contributed by atoms with Crippen LogP contribution in [0.1, 0.15) is 6.42 Å². The van der Waals surface area contributed by atoms with Gasteiger partial charge < -0.3 is 14.6 Å². The number of nitrogens with one attached hydrogen (secondary N) is 1. The summed E-state index contributed by atoms with van der Waals surface area (Å²) in [5.41, 5.74) is -0.283. The number of imidazole rings is 1. The number of nitrogens with zero attached hydrogens (tertiary/aromatic N) is 5. The molecule has 2 aromatic heterocycles. The summed E-state index contributed by atoms with van der Waals surface area (Å²) in [5, 5.41) is 14.4. The lowest BCUT2D eigenvalue weighted by atomic mass is 10.3. The van der Waals surface area contributed by atoms with Gasteiger partial charge in [-0.05, 0) is 18.6 Å². The summed E-state index contributed by atoms with van der Waals surface area (Å²) in [6.07, 6.45) is 7.28. The maximum Gasteiger partial charge on any atom is 0.373 e. The third-order valence-corrected chi connectivity index (χ3v) is 3.37. The molecule has 1 aromatic carbocycles. The Morgan fingerprint density at radius 2 is 2.08 bits per heavy atom. The van der Waals surface area contributed by atoms with E-state index in [0.29, 0.717) is 12.3 Å². The van der Waals surface area contributed by atoms with Gasteiger partial charge in [-0.2, -0.15) is 4.98 Å². The molecule has 0 spiro atoms. The van der Waals surface area contributed by atoms with Crippen molar-refractivity contribution in [1.29, 1.82) is 0 Å². The SMILES string of the molecule is O=[N+]([O-])c1c(NCCCn2ccnc2)ncnc1Oc1ccccc1. The maximum atomic E-state index is 11.4. The van der Waals surface area contributed by atoms with E-state index in [9.17, 15) is 10.1 Å². The Morgan fingerprint density at radius 1 is 1.24 bits per heavy atom. The number of aryl methyl sites for hydroxylation is 1. The summed E-state index contributed by atoms with van der Waals surface area (Å²) in [7, 11) is 0. The van der Waals surface area contributed by atoms with Crippen molar-refractivity contribution in [1.82, 2.24) is 19.5 Å². The van der Waals surface area contributed by atoms with Gasteiger partial charge in [0.2, 0.25) is 5.82 Å². The van der Waals surface area contributed by atoms with Gasteiger partial charge in [-0.15, -0.1) is 0 Å². The molecule has 3 rings (SSSR count). The van der Waals surface area contributed by atoms with Crippen molar-refractivity contribution in [2.75, 3.05) is 11.9 Å². The van der Waals surface area contributed by atoms with Gasteiger partial charge in [0.25, 0.3) is 0 Å². The second-order valence-electron chi connectivity index (χ2n) is 5.13. The lowest BCUT2D eigenvalue weighted by Gasteiger charge is -2.09. The van der Waals surface area contributed by atoms with Crippen LogP contribution in [0.15, 0.2) is 55.4 Å². The monoisotopic (exact) mass is 340 g/mol. The molecule has 0 unspecified atom stereocenters. The Bertz CT molecular complexity index is 823. The van der Waals surface area contributed by atoms with E-state index in [-0.39, 0.29) is 17.4 Å². The number of nitro groups is 1. The molecule has 3 aromatic rings. The highest BCUT2D eigenvalue weighted by atomic mass is 16.6. The summed E-state index contributed by atoms with van der Waals surface area (Å²) in [6, 6.07) is 8.78. The summed E-state index contributed by atoms with van der Waals surface area (Å²) in [6.45, 7) is 1.26. The smallest absolute Gasteiger partial charge is 0.373 e. The zero-order valence-corrected chi connectivity index (χ0v) is 13.3. The summed E-state index contributed by atoms with van der Waals surface area (Å²) in [5.74, 6) is 0.509. The molecule has 25 heavy (non-hydrogen) atoms. The van der Waals surface area contributed by atoms with Crippen LogP contribution in [0.25, 0.3) is 0 Å². The van der Waals surface area contributed by atoms with Crippen LogP contribution in [0.4, 0.5) is 11.5 Å². The quantitative estimate of drug-likeness (QED) is 0.381. The summed E-state index contributed by atoms with van der Waals surface area (Å²) < 4.78 is 7.46. The maximum absolute atomic E-state index is 11.4. The molecule has 0 radical (unpaired) electrons. The number of rotatable bonds is 8. The lowest BCUT2D eigenvalue weighted by molar-refractivity contribution is -0.385. The van der Waals surface area contributed by atoms with Crippen LogP contribution < -0.4 is 10.1 Å². The number of anilines is 1. The van der Waals surface area contributed by atoms with Crippen molar-refractivity contribution in [2.45, 2.75) is 13.0 Å². The highest BCUT2D eigenvalue weighted by Crippen LogP contribution is 2.33. The second kappa shape index (κ2) is 7.86. The number of para-hydroxylation sites is 1. The molecule has 0 saturated heterocycles. The largest absolute Gasteiger partial charge is 0.434 e. The standard InChI is InChI=1S/C16H16N6O3/c23-22(24)14-15(18-7-4-9-21-10-8-17-12-21)19-11-20-16(14)25-13-5-2-1-3-6-13/h1-3,5-6,8,10-12H,4,7,9H2,(H,18,19,20). The molecule has 9 nitrogen and oxygen atoms in total. The lowest BCUT2D eigenvalue weighted by Crippen LogP contribution is -2.10. The van der Waals surface area contributed by atoms with Crippen molar-refractivity contribution < 1.29 is 9.66 Å². The van der Waals surface area contributed by atoms with Gasteiger partial charge in [-0.3, -0.25) is 10.1 Å². The first kappa shape index (κ1) is 16.4. The van der Waals surface area contributed by atoms with Gasteiger partial charge in [0, 0.05) is 25.5 Å². The predicted molar refractivity (Wildman–Crippen MR) is 90.5 cm³/mol. The fourth-order valence-corrected chi connectivity index (χ4v) is 2.22. The van der Waals surface area contributed by atoms with Crippen LogP contribution in [0.2, 0.25) is 0 Å². The second-order valence-corrected chi connectivity index (χ2v) is 5.13. The molecule has 1 N–H and O–H groups in total. The Labute approximate surface area is 143 Å². The van der Waals surface area contributed by atoms with E-state index in [1.54, 1.807) is 36.8 Å². The molecule has 0 atom stereocenters. The van der Waals surface area contributed by atoms with Gasteiger partial charge in [-0.25, -0.2) is 9.97 Å². The van der Waals surface area contributed by atoms with Gasteiger partial charge in [-0.1, -0.05) is 18.2 Å². The molecular weight excluding hydrogens is 324 g/mol. The minimum atomic E-state index is -0.545. The number of aromatic nitrogens is 4. The number of ether oxygens (including phenoxy) is 1. The van der Waals surface area contributed by atoms with Crippen molar-refractivity contribution >= 4 is 11.5 Å². The van der Waals surface area contributed by atoms with Gasteiger partial charge in [0.15, 0.2) is 0 Å². The highest BCUT2D eigenvalue weighted by molar-refractivity contribution is 5.61. The van der Waals surface area contributed by atoms with Crippen LogP contribution in [-0.4, -0.2) is 31.0 Å². The molecule has 128 valence electrons. The average molecular weight is 340 g/mol. The van der Waals surface area contributed by atoms with E-state index in [4.69, 9.17) is 4.74 Å². The Hall–Kier alpha value is -3.49. The molecule has 2 heterocycles. The first-order valence-electron chi connectivity index (χ1n) is 7.66. The third kappa shape index (κ3) is 4.28. The molecule has 0 saturated carbocycles.